The van der Waals surface area contributed by atoms with Crippen molar-refractivity contribution in [3.05, 3.63) is 18.4 Å². The first-order valence-corrected chi connectivity index (χ1v) is 1.85. The number of aliphatic hydroxyl groups is 1. The molecule has 1 radical (unpaired) electrons. The highest BCUT2D eigenvalue weighted by Gasteiger charge is 1.88. The third-order valence-corrected chi connectivity index (χ3v) is 0.572. The van der Waals surface area contributed by atoms with Crippen molar-refractivity contribution in [2.45, 2.75) is 6.61 Å². The van der Waals surface area contributed by atoms with Crippen LogP contribution in [0.15, 0.2) is 10.7 Å². The van der Waals surface area contributed by atoms with Crippen molar-refractivity contribution in [2.24, 2.45) is 0 Å². The molecule has 1 N–H and O–H groups in total. The molecular weight excluding hydrogens is 94.0 g/mol. The molecule has 1 rings (SSSR count). The second kappa shape index (κ2) is 1.75. The van der Waals surface area contributed by atoms with Crippen LogP contribution in [-0.2, 0) is 6.61 Å². The van der Waals surface area contributed by atoms with Crippen LogP contribution < -0.4 is 0 Å². The van der Waals surface area contributed by atoms with Crippen LogP contribution in [0.3, 0.4) is 0 Å². The van der Waals surface area contributed by atoms with Gasteiger partial charge in [-0.05, 0) is 0 Å². The summed E-state index contributed by atoms with van der Waals surface area (Å²) in [5, 5.41) is 8.25. The fourth-order valence-corrected chi connectivity index (χ4v) is 0.292. The van der Waals surface area contributed by atoms with Gasteiger partial charge in [-0.2, -0.15) is 0 Å². The second-order valence-corrected chi connectivity index (χ2v) is 1.03. The molecule has 0 atom stereocenters. The van der Waals surface area contributed by atoms with Crippen LogP contribution in [0.1, 0.15) is 5.89 Å². The minimum atomic E-state index is -0.149. The lowest BCUT2D eigenvalue weighted by atomic mass is 10.7. The first kappa shape index (κ1) is 4.33. The van der Waals surface area contributed by atoms with E-state index in [1.807, 2.05) is 0 Å². The van der Waals surface area contributed by atoms with E-state index in [1.54, 1.807) is 0 Å². The molecule has 37 valence electrons. The normalized spacial score (nSPS) is 9.29. The molecule has 0 aliphatic heterocycles. The van der Waals surface area contributed by atoms with E-state index in [1.165, 1.54) is 6.26 Å². The number of nitrogens with zero attached hydrogens (tertiary/aromatic N) is 1. The Labute approximate surface area is 40.6 Å². The fraction of sp³-hybridized carbons (Fsp3) is 0.250. The van der Waals surface area contributed by atoms with Gasteiger partial charge < -0.3 is 9.52 Å². The van der Waals surface area contributed by atoms with E-state index in [2.05, 4.69) is 15.6 Å². The summed E-state index contributed by atoms with van der Waals surface area (Å²) in [5.41, 5.74) is 0. The van der Waals surface area contributed by atoms with Crippen molar-refractivity contribution in [2.75, 3.05) is 0 Å². The number of oxazole rings is 1. The van der Waals surface area contributed by atoms with Crippen LogP contribution >= 0.6 is 0 Å². The molecule has 0 spiro atoms. The number of rotatable bonds is 1. The molecule has 1 heterocycles. The zero-order valence-electron chi connectivity index (χ0n) is 3.59. The summed E-state index contributed by atoms with van der Waals surface area (Å²) in [6.45, 7) is -0.149. The largest absolute Gasteiger partial charge is 0.446 e. The van der Waals surface area contributed by atoms with Crippen LogP contribution in [0.2, 0.25) is 0 Å². The van der Waals surface area contributed by atoms with E-state index in [-0.39, 0.29) is 6.61 Å². The van der Waals surface area contributed by atoms with Crippen molar-refractivity contribution < 1.29 is 9.52 Å². The van der Waals surface area contributed by atoms with Gasteiger partial charge in [0.2, 0.25) is 5.89 Å². The number of hydrogen-bond acceptors (Lipinski definition) is 3. The first-order valence-electron chi connectivity index (χ1n) is 1.85. The predicted molar refractivity (Wildman–Crippen MR) is 21.3 cm³/mol. The summed E-state index contributed by atoms with van der Waals surface area (Å²) in [5.74, 6) is 0.306. The molecule has 0 aliphatic carbocycles. The van der Waals surface area contributed by atoms with Crippen LogP contribution in [0.4, 0.5) is 0 Å². The highest BCUT2D eigenvalue weighted by molar-refractivity contribution is 4.73. The van der Waals surface area contributed by atoms with Crippen LogP contribution in [0, 0.1) is 6.20 Å². The third kappa shape index (κ3) is 0.778. The molecule has 3 nitrogen and oxygen atoms in total. The average Bonchev–Trinajstić information content (AvgIpc) is 2.14. The lowest BCUT2D eigenvalue weighted by Crippen LogP contribution is -1.77. The zero-order valence-corrected chi connectivity index (χ0v) is 3.59. The number of aromatic nitrogens is 1. The van der Waals surface area contributed by atoms with E-state index >= 15 is 0 Å². The van der Waals surface area contributed by atoms with E-state index in [0.29, 0.717) is 5.89 Å². The molecule has 1 aromatic rings. The Kier molecular flexibility index (Phi) is 1.08. The Morgan fingerprint density at radius 2 is 2.86 bits per heavy atom. The maximum atomic E-state index is 8.25. The highest BCUT2D eigenvalue weighted by Crippen LogP contribution is 1.89. The highest BCUT2D eigenvalue weighted by atomic mass is 16.4. The van der Waals surface area contributed by atoms with Gasteiger partial charge in [0.25, 0.3) is 0 Å². The van der Waals surface area contributed by atoms with Crippen LogP contribution in [0.25, 0.3) is 0 Å². The monoisotopic (exact) mass is 98.0 g/mol. The van der Waals surface area contributed by atoms with E-state index in [4.69, 9.17) is 5.11 Å². The van der Waals surface area contributed by atoms with Gasteiger partial charge in [-0.25, -0.2) is 4.98 Å². The summed E-state index contributed by atoms with van der Waals surface area (Å²) in [6, 6.07) is 0. The molecule has 0 saturated carbocycles. The Hall–Kier alpha value is -0.830. The molecule has 0 aromatic carbocycles. The predicted octanol–water partition coefficient (Wildman–Crippen LogP) is -0.0329. The molecule has 0 unspecified atom stereocenters. The zero-order chi connectivity index (χ0) is 5.11. The van der Waals surface area contributed by atoms with Gasteiger partial charge in [0, 0.05) is 0 Å². The maximum Gasteiger partial charge on any atom is 0.220 e. The number of aliphatic hydroxyl groups excluding tert-OH is 1. The Bertz CT molecular complexity index is 124. The Balaban J connectivity index is 2.76. The van der Waals surface area contributed by atoms with Gasteiger partial charge in [0.15, 0.2) is 0 Å². The van der Waals surface area contributed by atoms with Crippen molar-refractivity contribution in [3.63, 3.8) is 0 Å². The van der Waals surface area contributed by atoms with E-state index < -0.39 is 0 Å². The lowest BCUT2D eigenvalue weighted by molar-refractivity contribution is 0.240. The molecule has 0 saturated heterocycles. The van der Waals surface area contributed by atoms with Gasteiger partial charge in [-0.1, -0.05) is 0 Å². The summed E-state index contributed by atoms with van der Waals surface area (Å²) < 4.78 is 4.57. The Morgan fingerprint density at radius 3 is 3.14 bits per heavy atom. The summed E-state index contributed by atoms with van der Waals surface area (Å²) in [6.07, 6.45) is 3.70. The van der Waals surface area contributed by atoms with E-state index in [0.717, 1.165) is 0 Å². The number of hydrogen-bond donors (Lipinski definition) is 1. The summed E-state index contributed by atoms with van der Waals surface area (Å²) in [7, 11) is 0. The molecular formula is C4H4NO2. The van der Waals surface area contributed by atoms with Crippen LogP contribution in [-0.4, -0.2) is 10.1 Å². The quantitative estimate of drug-likeness (QED) is 0.536. The standard InChI is InChI=1S/C4H4NO2/c6-3-4-5-1-2-7-4/h2,6H,3H2. The maximum absolute atomic E-state index is 8.25. The molecule has 0 amide bonds. The van der Waals surface area contributed by atoms with Crippen molar-refractivity contribution in [1.82, 2.24) is 4.98 Å². The molecule has 0 fully saturated rings. The minimum Gasteiger partial charge on any atom is -0.446 e. The fourth-order valence-electron chi connectivity index (χ4n) is 0.292. The van der Waals surface area contributed by atoms with Gasteiger partial charge in [0.1, 0.15) is 19.1 Å². The lowest BCUT2D eigenvalue weighted by Gasteiger charge is -1.77. The minimum absolute atomic E-state index is 0.149. The van der Waals surface area contributed by atoms with Gasteiger partial charge in [-0.3, -0.25) is 0 Å². The molecule has 3 heteroatoms. The van der Waals surface area contributed by atoms with Crippen LogP contribution in [0.5, 0.6) is 0 Å². The summed E-state index contributed by atoms with van der Waals surface area (Å²) in [4.78, 5) is 3.49. The SMILES string of the molecule is OCc1n[c]co1. The second-order valence-electron chi connectivity index (χ2n) is 1.03. The topological polar surface area (TPSA) is 46.3 Å². The third-order valence-electron chi connectivity index (χ3n) is 0.572. The molecule has 0 aliphatic rings. The Morgan fingerprint density at radius 1 is 2.00 bits per heavy atom. The first-order chi connectivity index (χ1) is 3.43. The summed E-state index contributed by atoms with van der Waals surface area (Å²) >= 11 is 0. The smallest absolute Gasteiger partial charge is 0.220 e. The van der Waals surface area contributed by atoms with Crippen molar-refractivity contribution in [3.8, 4) is 0 Å². The van der Waals surface area contributed by atoms with Gasteiger partial charge in [0.05, 0.1) is 0 Å². The molecule has 1 aromatic heterocycles. The molecule has 7 heavy (non-hydrogen) atoms. The van der Waals surface area contributed by atoms with Gasteiger partial charge >= 0.3 is 0 Å². The van der Waals surface area contributed by atoms with Crippen molar-refractivity contribution in [1.29, 1.82) is 0 Å². The average molecular weight is 98.1 g/mol. The van der Waals surface area contributed by atoms with E-state index in [9.17, 15) is 0 Å². The van der Waals surface area contributed by atoms with Crippen molar-refractivity contribution >= 4 is 0 Å². The molecule has 0 bridgehead atoms. The van der Waals surface area contributed by atoms with Gasteiger partial charge in [-0.15, -0.1) is 0 Å².